The maximum atomic E-state index is 10.6. The Hall–Kier alpha value is -1.02. The lowest BCUT2D eigenvalue weighted by molar-refractivity contribution is 0.177. The second-order valence-electron chi connectivity index (χ2n) is 2.84. The van der Waals surface area contributed by atoms with Crippen LogP contribution in [0.4, 0.5) is 0 Å². The fourth-order valence-electron chi connectivity index (χ4n) is 1.03. The SMILES string of the molecule is COc1ccc(C(C)C[O])cc1. The average molecular weight is 165 g/mol. The molecule has 12 heavy (non-hydrogen) atoms. The molecule has 0 bridgehead atoms. The average Bonchev–Trinajstić information content (AvgIpc) is 2.17. The first-order valence-corrected chi connectivity index (χ1v) is 4.00. The van der Waals surface area contributed by atoms with Gasteiger partial charge in [0.25, 0.3) is 0 Å². The van der Waals surface area contributed by atoms with Crippen molar-refractivity contribution in [1.29, 1.82) is 0 Å². The van der Waals surface area contributed by atoms with E-state index in [9.17, 15) is 5.11 Å². The molecule has 0 saturated heterocycles. The lowest BCUT2D eigenvalue weighted by Gasteiger charge is -2.07. The maximum absolute atomic E-state index is 10.6. The van der Waals surface area contributed by atoms with Gasteiger partial charge in [0.2, 0.25) is 0 Å². The van der Waals surface area contributed by atoms with Crippen molar-refractivity contribution in [3.05, 3.63) is 29.8 Å². The lowest BCUT2D eigenvalue weighted by Crippen LogP contribution is -1.97. The van der Waals surface area contributed by atoms with Crippen LogP contribution in [0, 0.1) is 0 Å². The van der Waals surface area contributed by atoms with E-state index in [0.717, 1.165) is 11.3 Å². The predicted molar refractivity (Wildman–Crippen MR) is 47.0 cm³/mol. The molecule has 65 valence electrons. The number of ether oxygens (including phenoxy) is 1. The normalized spacial score (nSPS) is 12.6. The van der Waals surface area contributed by atoms with Crippen LogP contribution in [0.25, 0.3) is 0 Å². The Morgan fingerprint density at radius 3 is 2.33 bits per heavy atom. The van der Waals surface area contributed by atoms with Gasteiger partial charge < -0.3 is 4.74 Å². The predicted octanol–water partition coefficient (Wildman–Crippen LogP) is 2.23. The van der Waals surface area contributed by atoms with Gasteiger partial charge in [-0.05, 0) is 17.7 Å². The van der Waals surface area contributed by atoms with Crippen LogP contribution in [0.15, 0.2) is 24.3 Å². The molecule has 0 fully saturated rings. The fraction of sp³-hybridized carbons (Fsp3) is 0.400. The van der Waals surface area contributed by atoms with Gasteiger partial charge in [-0.2, -0.15) is 0 Å². The zero-order chi connectivity index (χ0) is 8.97. The van der Waals surface area contributed by atoms with Crippen molar-refractivity contribution >= 4 is 0 Å². The molecule has 0 N–H and O–H groups in total. The van der Waals surface area contributed by atoms with Crippen LogP contribution in [-0.2, 0) is 5.11 Å². The van der Waals surface area contributed by atoms with Crippen molar-refractivity contribution in [3.8, 4) is 5.75 Å². The van der Waals surface area contributed by atoms with E-state index in [2.05, 4.69) is 0 Å². The van der Waals surface area contributed by atoms with Gasteiger partial charge in [0, 0.05) is 5.92 Å². The molecule has 0 spiro atoms. The van der Waals surface area contributed by atoms with Crippen LogP contribution < -0.4 is 4.74 Å². The van der Waals surface area contributed by atoms with E-state index < -0.39 is 0 Å². The molecule has 0 aliphatic heterocycles. The van der Waals surface area contributed by atoms with Crippen molar-refractivity contribution in [2.75, 3.05) is 13.7 Å². The largest absolute Gasteiger partial charge is 0.497 e. The van der Waals surface area contributed by atoms with Crippen LogP contribution in [0.3, 0.4) is 0 Å². The molecular weight excluding hydrogens is 152 g/mol. The highest BCUT2D eigenvalue weighted by Crippen LogP contribution is 2.18. The highest BCUT2D eigenvalue weighted by molar-refractivity contribution is 5.28. The third-order valence-corrected chi connectivity index (χ3v) is 1.93. The molecular formula is C10H13O2. The summed E-state index contributed by atoms with van der Waals surface area (Å²) in [6, 6.07) is 7.62. The van der Waals surface area contributed by atoms with Crippen molar-refractivity contribution in [3.63, 3.8) is 0 Å². The van der Waals surface area contributed by atoms with Crippen molar-refractivity contribution in [2.24, 2.45) is 0 Å². The van der Waals surface area contributed by atoms with Gasteiger partial charge in [0.05, 0.1) is 13.7 Å². The molecule has 1 aromatic carbocycles. The summed E-state index contributed by atoms with van der Waals surface area (Å²) in [7, 11) is 1.63. The van der Waals surface area contributed by atoms with Crippen LogP contribution in [0.2, 0.25) is 0 Å². The molecule has 0 aliphatic rings. The van der Waals surface area contributed by atoms with Crippen molar-refractivity contribution in [2.45, 2.75) is 12.8 Å². The minimum atomic E-state index is -0.0632. The Kier molecular flexibility index (Phi) is 3.11. The molecule has 0 aliphatic carbocycles. The topological polar surface area (TPSA) is 29.1 Å². The lowest BCUT2D eigenvalue weighted by atomic mass is 10.0. The second-order valence-corrected chi connectivity index (χ2v) is 2.84. The van der Waals surface area contributed by atoms with Crippen molar-refractivity contribution in [1.82, 2.24) is 0 Å². The van der Waals surface area contributed by atoms with Gasteiger partial charge in [-0.15, -0.1) is 0 Å². The summed E-state index contributed by atoms with van der Waals surface area (Å²) in [5, 5.41) is 10.6. The Bertz CT molecular complexity index is 228. The van der Waals surface area contributed by atoms with Crippen LogP contribution in [0.1, 0.15) is 18.4 Å². The molecule has 0 amide bonds. The number of rotatable bonds is 3. The van der Waals surface area contributed by atoms with Gasteiger partial charge >= 0.3 is 0 Å². The van der Waals surface area contributed by atoms with E-state index in [0.29, 0.717) is 0 Å². The number of hydrogen-bond acceptors (Lipinski definition) is 1. The third-order valence-electron chi connectivity index (χ3n) is 1.93. The van der Waals surface area contributed by atoms with Crippen LogP contribution in [0.5, 0.6) is 5.75 Å². The molecule has 0 saturated carbocycles. The van der Waals surface area contributed by atoms with E-state index in [1.54, 1.807) is 7.11 Å². The minimum Gasteiger partial charge on any atom is -0.497 e. The molecule has 1 rings (SSSR count). The van der Waals surface area contributed by atoms with Crippen LogP contribution in [-0.4, -0.2) is 13.7 Å². The summed E-state index contributed by atoms with van der Waals surface area (Å²) in [6.45, 7) is 1.86. The standard InChI is InChI=1S/C10H13O2/c1-8(7-11)9-3-5-10(12-2)6-4-9/h3-6,8H,7H2,1-2H3. The van der Waals surface area contributed by atoms with E-state index >= 15 is 0 Å². The van der Waals surface area contributed by atoms with Gasteiger partial charge in [0.15, 0.2) is 0 Å². The van der Waals surface area contributed by atoms with Gasteiger partial charge in [-0.1, -0.05) is 19.1 Å². The first kappa shape index (κ1) is 9.07. The molecule has 0 aromatic heterocycles. The zero-order valence-electron chi connectivity index (χ0n) is 7.41. The summed E-state index contributed by atoms with van der Waals surface area (Å²) < 4.78 is 5.00. The Morgan fingerprint density at radius 2 is 1.92 bits per heavy atom. The highest BCUT2D eigenvalue weighted by atomic mass is 16.5. The zero-order valence-corrected chi connectivity index (χ0v) is 7.41. The minimum absolute atomic E-state index is 0.0632. The molecule has 1 atom stereocenters. The van der Waals surface area contributed by atoms with E-state index in [4.69, 9.17) is 4.74 Å². The summed E-state index contributed by atoms with van der Waals surface area (Å²) in [5.74, 6) is 0.924. The first-order valence-electron chi connectivity index (χ1n) is 4.00. The fourth-order valence-corrected chi connectivity index (χ4v) is 1.03. The summed E-state index contributed by atoms with van der Waals surface area (Å²) in [6.07, 6.45) is 0. The van der Waals surface area contributed by atoms with E-state index in [1.165, 1.54) is 0 Å². The number of benzene rings is 1. The second kappa shape index (κ2) is 4.12. The monoisotopic (exact) mass is 165 g/mol. The molecule has 2 heteroatoms. The van der Waals surface area contributed by atoms with Gasteiger partial charge in [-0.3, -0.25) is 0 Å². The summed E-state index contributed by atoms with van der Waals surface area (Å²) in [4.78, 5) is 0. The Labute approximate surface area is 72.8 Å². The van der Waals surface area contributed by atoms with E-state index in [1.807, 2.05) is 31.2 Å². The van der Waals surface area contributed by atoms with Gasteiger partial charge in [0.1, 0.15) is 5.75 Å². The summed E-state index contributed by atoms with van der Waals surface area (Å²) >= 11 is 0. The molecule has 1 unspecified atom stereocenters. The maximum Gasteiger partial charge on any atom is 0.118 e. The molecule has 1 aromatic rings. The molecule has 2 nitrogen and oxygen atoms in total. The van der Waals surface area contributed by atoms with Crippen molar-refractivity contribution < 1.29 is 9.84 Å². The molecule has 1 radical (unpaired) electrons. The smallest absolute Gasteiger partial charge is 0.118 e. The molecule has 0 heterocycles. The summed E-state index contributed by atoms with van der Waals surface area (Å²) in [5.41, 5.74) is 1.07. The number of hydrogen-bond donors (Lipinski definition) is 0. The quantitative estimate of drug-likeness (QED) is 0.675. The highest BCUT2D eigenvalue weighted by Gasteiger charge is 2.03. The Balaban J connectivity index is 2.77. The third kappa shape index (κ3) is 1.98. The number of methoxy groups -OCH3 is 1. The Morgan fingerprint density at radius 1 is 1.33 bits per heavy atom. The first-order chi connectivity index (χ1) is 5.77. The van der Waals surface area contributed by atoms with E-state index in [-0.39, 0.29) is 12.5 Å². The van der Waals surface area contributed by atoms with Gasteiger partial charge in [-0.25, -0.2) is 5.11 Å². The van der Waals surface area contributed by atoms with Crippen LogP contribution >= 0.6 is 0 Å².